The predicted octanol–water partition coefficient (Wildman–Crippen LogP) is 4.04. The first-order valence-corrected chi connectivity index (χ1v) is 13.8. The first-order chi connectivity index (χ1) is 19.0. The molecule has 1 unspecified atom stereocenters. The number of ketones is 1. The average molecular weight is 551 g/mol. The van der Waals surface area contributed by atoms with Crippen molar-refractivity contribution in [3.63, 3.8) is 0 Å². The second-order valence-electron chi connectivity index (χ2n) is 11.6. The Morgan fingerprint density at radius 1 is 1.05 bits per heavy atom. The fourth-order valence-electron chi connectivity index (χ4n) is 5.39. The largest absolute Gasteiger partial charge is 0.467 e. The average Bonchev–Trinajstić information content (AvgIpc) is 3.34. The van der Waals surface area contributed by atoms with Gasteiger partial charge in [0.2, 0.25) is 0 Å². The van der Waals surface area contributed by atoms with E-state index >= 15 is 0 Å². The summed E-state index contributed by atoms with van der Waals surface area (Å²) < 4.78 is 18.4. The number of amides is 1. The number of hydrogen-bond donors (Lipinski definition) is 0. The number of rotatable bonds is 5. The number of methoxy groups -OCH3 is 1. The van der Waals surface area contributed by atoms with Crippen LogP contribution in [-0.4, -0.2) is 88.1 Å². The summed E-state index contributed by atoms with van der Waals surface area (Å²) >= 11 is 0. The Kier molecular flexibility index (Phi) is 7.67. The summed E-state index contributed by atoms with van der Waals surface area (Å²) in [7, 11) is 1.53. The van der Waals surface area contributed by atoms with Crippen molar-refractivity contribution < 1.29 is 23.8 Å². The van der Waals surface area contributed by atoms with Gasteiger partial charge in [0.25, 0.3) is 0 Å². The Labute approximate surface area is 234 Å². The molecule has 2 aliphatic heterocycles. The molecule has 1 amide bonds. The van der Waals surface area contributed by atoms with Gasteiger partial charge in [0.15, 0.2) is 11.6 Å². The monoisotopic (exact) mass is 550 g/mol. The van der Waals surface area contributed by atoms with Crippen LogP contribution in [0.3, 0.4) is 0 Å². The van der Waals surface area contributed by atoms with Crippen LogP contribution >= 0.6 is 0 Å². The summed E-state index contributed by atoms with van der Waals surface area (Å²) in [4.78, 5) is 37.5. The second-order valence-corrected chi connectivity index (χ2v) is 11.6. The molecule has 5 rings (SSSR count). The third-order valence-corrected chi connectivity index (χ3v) is 7.46. The van der Waals surface area contributed by atoms with Crippen LogP contribution < -0.4 is 9.64 Å². The third-order valence-electron chi connectivity index (χ3n) is 7.46. The minimum absolute atomic E-state index is 0.0103. The highest BCUT2D eigenvalue weighted by atomic mass is 16.6. The van der Waals surface area contributed by atoms with Crippen LogP contribution in [0.4, 0.5) is 10.6 Å². The number of carbonyl (C=O) groups excluding carboxylic acids is 2. The van der Waals surface area contributed by atoms with Crippen LogP contribution in [0.5, 0.6) is 6.01 Å². The van der Waals surface area contributed by atoms with E-state index in [4.69, 9.17) is 14.2 Å². The van der Waals surface area contributed by atoms with Crippen LogP contribution in [0.15, 0.2) is 24.4 Å². The summed E-state index contributed by atoms with van der Waals surface area (Å²) in [5, 5.41) is 5.68. The number of likely N-dealkylation sites (tertiary alicyclic amines) is 1. The Morgan fingerprint density at radius 3 is 2.45 bits per heavy atom. The minimum atomic E-state index is -0.506. The van der Waals surface area contributed by atoms with Gasteiger partial charge in [-0.1, -0.05) is 0 Å². The molecule has 2 aliphatic rings. The molecule has 0 N–H and O–H groups in total. The number of anilines is 1. The SMILES string of the molecule is COc1nc(N2CCOC(C(C)=O)C2)cc(-n2ncc3cc(C)c(C4CCN(C(=O)OC(C)(C)C)CC4)cc32)n1. The van der Waals surface area contributed by atoms with Crippen molar-refractivity contribution in [2.24, 2.45) is 0 Å². The topological polar surface area (TPSA) is 112 Å². The van der Waals surface area contributed by atoms with Gasteiger partial charge in [-0.2, -0.15) is 15.1 Å². The molecule has 0 spiro atoms. The van der Waals surface area contributed by atoms with Crippen molar-refractivity contribution in [2.45, 2.75) is 65.1 Å². The van der Waals surface area contributed by atoms with E-state index in [0.717, 1.165) is 23.7 Å². The van der Waals surface area contributed by atoms with E-state index < -0.39 is 11.7 Å². The van der Waals surface area contributed by atoms with Crippen molar-refractivity contribution in [1.82, 2.24) is 24.6 Å². The summed E-state index contributed by atoms with van der Waals surface area (Å²) in [6, 6.07) is 6.45. The molecule has 0 saturated carbocycles. The number of ether oxygens (including phenoxy) is 3. The fraction of sp³-hybridized carbons (Fsp3) is 0.552. The van der Waals surface area contributed by atoms with Crippen molar-refractivity contribution in [3.8, 4) is 11.8 Å². The standard InChI is InChI=1S/C29H38N6O5/c1-18-13-21-16-30-35(23(21)14-22(18)20-7-9-33(10-8-20)28(37)40-29(3,4)5)26-15-25(31-27(32-26)38-6)34-11-12-39-24(17-34)19(2)36/h13-16,20,24H,7-12,17H2,1-6H3. The van der Waals surface area contributed by atoms with Crippen LogP contribution in [0, 0.1) is 6.92 Å². The van der Waals surface area contributed by atoms with E-state index in [2.05, 4.69) is 34.1 Å². The Morgan fingerprint density at radius 2 is 1.77 bits per heavy atom. The summed E-state index contributed by atoms with van der Waals surface area (Å²) in [5.74, 6) is 1.54. The number of fused-ring (bicyclic) bond motifs is 1. The lowest BCUT2D eigenvalue weighted by Crippen LogP contribution is -2.45. The van der Waals surface area contributed by atoms with E-state index in [-0.39, 0.29) is 17.9 Å². The lowest BCUT2D eigenvalue weighted by Gasteiger charge is -2.34. The number of morpholine rings is 1. The summed E-state index contributed by atoms with van der Waals surface area (Å²) in [5.41, 5.74) is 2.88. The van der Waals surface area contributed by atoms with Gasteiger partial charge in [-0.3, -0.25) is 4.79 Å². The maximum atomic E-state index is 12.6. The second kappa shape index (κ2) is 11.0. The lowest BCUT2D eigenvalue weighted by atomic mass is 9.86. The van der Waals surface area contributed by atoms with Gasteiger partial charge in [0, 0.05) is 31.1 Å². The molecule has 2 saturated heterocycles. The zero-order valence-electron chi connectivity index (χ0n) is 24.1. The molecule has 11 heteroatoms. The Hall–Kier alpha value is -3.73. The van der Waals surface area contributed by atoms with E-state index in [1.807, 2.05) is 42.6 Å². The van der Waals surface area contributed by atoms with Gasteiger partial charge >= 0.3 is 12.1 Å². The van der Waals surface area contributed by atoms with Crippen LogP contribution in [0.1, 0.15) is 57.6 Å². The number of nitrogens with zero attached hydrogens (tertiary/aromatic N) is 6. The van der Waals surface area contributed by atoms with E-state index in [1.54, 1.807) is 4.90 Å². The first kappa shape index (κ1) is 27.8. The number of Topliss-reactive ketones (excluding diaryl/α,β-unsaturated/α-hetero) is 1. The molecule has 1 atom stereocenters. The van der Waals surface area contributed by atoms with E-state index in [9.17, 15) is 9.59 Å². The van der Waals surface area contributed by atoms with Gasteiger partial charge in [-0.15, -0.1) is 0 Å². The molecule has 1 aromatic carbocycles. The van der Waals surface area contributed by atoms with Crippen LogP contribution in [0.25, 0.3) is 16.7 Å². The third kappa shape index (κ3) is 5.89. The summed E-state index contributed by atoms with van der Waals surface area (Å²) in [6.45, 7) is 12.1. The maximum Gasteiger partial charge on any atom is 0.410 e. The van der Waals surface area contributed by atoms with Gasteiger partial charge < -0.3 is 24.0 Å². The molecule has 40 heavy (non-hydrogen) atoms. The molecule has 4 heterocycles. The number of aromatic nitrogens is 4. The highest BCUT2D eigenvalue weighted by molar-refractivity contribution is 5.83. The normalized spacial score (nSPS) is 18.7. The van der Waals surface area contributed by atoms with Gasteiger partial charge in [-0.25, -0.2) is 9.48 Å². The van der Waals surface area contributed by atoms with Gasteiger partial charge in [0.05, 0.1) is 32.0 Å². The number of piperidine rings is 1. The molecule has 2 aromatic heterocycles. The Balaban J connectivity index is 1.42. The molecule has 3 aromatic rings. The van der Waals surface area contributed by atoms with E-state index in [0.29, 0.717) is 50.3 Å². The molecule has 0 radical (unpaired) electrons. The van der Waals surface area contributed by atoms with Crippen molar-refractivity contribution in [1.29, 1.82) is 0 Å². The highest BCUT2D eigenvalue weighted by Gasteiger charge is 2.29. The molecular weight excluding hydrogens is 512 g/mol. The summed E-state index contributed by atoms with van der Waals surface area (Å²) in [6.07, 6.45) is 2.82. The molecule has 2 fully saturated rings. The molecule has 0 aliphatic carbocycles. The van der Waals surface area contributed by atoms with Crippen LogP contribution in [0.2, 0.25) is 0 Å². The molecule has 11 nitrogen and oxygen atoms in total. The molecule has 0 bridgehead atoms. The zero-order chi connectivity index (χ0) is 28.6. The number of hydrogen-bond acceptors (Lipinski definition) is 9. The zero-order valence-corrected chi connectivity index (χ0v) is 24.1. The van der Waals surface area contributed by atoms with Crippen molar-refractivity contribution in [3.05, 3.63) is 35.5 Å². The number of benzene rings is 1. The van der Waals surface area contributed by atoms with E-state index in [1.165, 1.54) is 25.2 Å². The number of aryl methyl sites for hydroxylation is 1. The smallest absolute Gasteiger partial charge is 0.410 e. The number of carbonyl (C=O) groups is 2. The maximum absolute atomic E-state index is 12.6. The van der Waals surface area contributed by atoms with Gasteiger partial charge in [-0.05, 0) is 76.6 Å². The van der Waals surface area contributed by atoms with Crippen molar-refractivity contribution in [2.75, 3.05) is 44.8 Å². The minimum Gasteiger partial charge on any atom is -0.467 e. The quantitative estimate of drug-likeness (QED) is 0.465. The predicted molar refractivity (Wildman–Crippen MR) is 150 cm³/mol. The Bertz CT molecular complexity index is 1410. The van der Waals surface area contributed by atoms with Gasteiger partial charge in [0.1, 0.15) is 17.5 Å². The van der Waals surface area contributed by atoms with Crippen LogP contribution in [-0.2, 0) is 14.3 Å². The highest BCUT2D eigenvalue weighted by Crippen LogP contribution is 2.34. The fourth-order valence-corrected chi connectivity index (χ4v) is 5.39. The molecular formula is C29H38N6O5. The first-order valence-electron chi connectivity index (χ1n) is 13.8. The molecule has 214 valence electrons. The lowest BCUT2D eigenvalue weighted by molar-refractivity contribution is -0.128. The van der Waals surface area contributed by atoms with Crippen molar-refractivity contribution >= 4 is 28.6 Å².